The number of benzene rings is 2. The molecule has 0 heterocycles. The number of rotatable bonds is 5. The van der Waals surface area contributed by atoms with Gasteiger partial charge in [0, 0.05) is 5.69 Å². The summed E-state index contributed by atoms with van der Waals surface area (Å²) < 4.78 is 19.0. The molecule has 0 spiro atoms. The number of halogens is 1. The summed E-state index contributed by atoms with van der Waals surface area (Å²) in [6, 6.07) is 11.6. The maximum atomic E-state index is 13.5. The van der Waals surface area contributed by atoms with E-state index in [0.29, 0.717) is 5.69 Å². The molecule has 3 N–H and O–H groups in total. The van der Waals surface area contributed by atoms with Crippen LogP contribution in [0.1, 0.15) is 12.0 Å². The van der Waals surface area contributed by atoms with E-state index in [-0.39, 0.29) is 24.6 Å². The molecule has 0 saturated carbocycles. The Bertz CT molecular complexity index is 644. The van der Waals surface area contributed by atoms with E-state index in [4.69, 9.17) is 10.5 Å². The Morgan fingerprint density at radius 3 is 2.81 bits per heavy atom. The van der Waals surface area contributed by atoms with Gasteiger partial charge in [-0.3, -0.25) is 4.79 Å². The van der Waals surface area contributed by atoms with Crippen LogP contribution in [0.5, 0.6) is 5.75 Å². The average Bonchev–Trinajstić information content (AvgIpc) is 2.45. The van der Waals surface area contributed by atoms with Gasteiger partial charge in [0.05, 0.1) is 18.7 Å². The van der Waals surface area contributed by atoms with E-state index in [1.54, 1.807) is 0 Å². The van der Waals surface area contributed by atoms with Crippen molar-refractivity contribution in [3.8, 4) is 5.75 Å². The monoisotopic (exact) mass is 288 g/mol. The smallest absolute Gasteiger partial charge is 0.227 e. The van der Waals surface area contributed by atoms with E-state index >= 15 is 0 Å². The van der Waals surface area contributed by atoms with E-state index in [1.807, 2.05) is 31.2 Å². The molecule has 0 unspecified atom stereocenters. The fraction of sp³-hybridized carbons (Fsp3) is 0.188. The molecule has 0 aliphatic carbocycles. The molecule has 0 saturated heterocycles. The molecule has 0 radical (unpaired) electrons. The van der Waals surface area contributed by atoms with Crippen LogP contribution in [0.2, 0.25) is 0 Å². The molecule has 0 aromatic heterocycles. The summed E-state index contributed by atoms with van der Waals surface area (Å²) in [7, 11) is 0. The van der Waals surface area contributed by atoms with Gasteiger partial charge >= 0.3 is 0 Å². The van der Waals surface area contributed by atoms with E-state index in [2.05, 4.69) is 5.32 Å². The normalized spacial score (nSPS) is 10.2. The summed E-state index contributed by atoms with van der Waals surface area (Å²) in [5, 5.41) is 2.48. The molecule has 2 aromatic carbocycles. The largest absolute Gasteiger partial charge is 0.493 e. The van der Waals surface area contributed by atoms with Crippen molar-refractivity contribution >= 4 is 17.3 Å². The number of ether oxygens (including phenoxy) is 1. The molecule has 0 aliphatic rings. The Morgan fingerprint density at radius 1 is 1.29 bits per heavy atom. The van der Waals surface area contributed by atoms with E-state index in [0.717, 1.165) is 11.3 Å². The number of anilines is 2. The van der Waals surface area contributed by atoms with Gasteiger partial charge in [0.2, 0.25) is 5.91 Å². The van der Waals surface area contributed by atoms with Gasteiger partial charge in [0.25, 0.3) is 0 Å². The number of amides is 1. The third-order valence-corrected chi connectivity index (χ3v) is 2.94. The first kappa shape index (κ1) is 14.8. The molecule has 110 valence electrons. The maximum absolute atomic E-state index is 13.5. The third kappa shape index (κ3) is 4.21. The van der Waals surface area contributed by atoms with Crippen molar-refractivity contribution in [3.05, 3.63) is 53.8 Å². The van der Waals surface area contributed by atoms with Crippen LogP contribution in [0.4, 0.5) is 15.8 Å². The van der Waals surface area contributed by atoms with Crippen molar-refractivity contribution in [1.82, 2.24) is 0 Å². The molecule has 4 nitrogen and oxygen atoms in total. The van der Waals surface area contributed by atoms with Crippen LogP contribution in [0.3, 0.4) is 0 Å². The van der Waals surface area contributed by atoms with Crippen LogP contribution in [-0.4, -0.2) is 12.5 Å². The summed E-state index contributed by atoms with van der Waals surface area (Å²) in [5.74, 6) is -0.106. The Balaban J connectivity index is 1.85. The minimum absolute atomic E-state index is 0.0795. The van der Waals surface area contributed by atoms with Gasteiger partial charge < -0.3 is 15.8 Å². The number of aryl methyl sites for hydroxylation is 1. The molecule has 2 rings (SSSR count). The standard InChI is InChI=1S/C16H17FN2O2/c1-11-4-2-3-5-15(11)21-9-8-16(20)19-14-10-12(18)6-7-13(14)17/h2-7,10H,8-9,18H2,1H3,(H,19,20). The molecule has 5 heteroatoms. The minimum atomic E-state index is -0.516. The Labute approximate surface area is 122 Å². The van der Waals surface area contributed by atoms with Crippen molar-refractivity contribution in [2.24, 2.45) is 0 Å². The molecule has 0 atom stereocenters. The highest BCUT2D eigenvalue weighted by Gasteiger charge is 2.08. The van der Waals surface area contributed by atoms with Crippen molar-refractivity contribution in [1.29, 1.82) is 0 Å². The molecule has 0 aliphatic heterocycles. The molecular formula is C16H17FN2O2. The minimum Gasteiger partial charge on any atom is -0.493 e. The highest BCUT2D eigenvalue weighted by molar-refractivity contribution is 5.91. The lowest BCUT2D eigenvalue weighted by molar-refractivity contribution is -0.116. The topological polar surface area (TPSA) is 64.3 Å². The first-order valence-electron chi connectivity index (χ1n) is 6.59. The maximum Gasteiger partial charge on any atom is 0.227 e. The van der Waals surface area contributed by atoms with E-state index in [9.17, 15) is 9.18 Å². The Kier molecular flexibility index (Phi) is 4.77. The first-order chi connectivity index (χ1) is 10.1. The number of nitrogens with one attached hydrogen (secondary N) is 1. The van der Waals surface area contributed by atoms with Crippen LogP contribution >= 0.6 is 0 Å². The van der Waals surface area contributed by atoms with Gasteiger partial charge in [-0.05, 0) is 36.8 Å². The predicted octanol–water partition coefficient (Wildman–Crippen LogP) is 3.12. The Morgan fingerprint density at radius 2 is 2.05 bits per heavy atom. The summed E-state index contributed by atoms with van der Waals surface area (Å²) in [6.07, 6.45) is 0.128. The second kappa shape index (κ2) is 6.74. The SMILES string of the molecule is Cc1ccccc1OCCC(=O)Nc1cc(N)ccc1F. The number of carbonyl (C=O) groups is 1. The number of hydrogen-bond donors (Lipinski definition) is 2. The lowest BCUT2D eigenvalue weighted by atomic mass is 10.2. The van der Waals surface area contributed by atoms with Crippen LogP contribution in [0.15, 0.2) is 42.5 Å². The molecule has 21 heavy (non-hydrogen) atoms. The summed E-state index contributed by atoms with van der Waals surface area (Å²) in [4.78, 5) is 11.8. The number of carbonyl (C=O) groups excluding carboxylic acids is 1. The molecule has 0 bridgehead atoms. The Hall–Kier alpha value is -2.56. The van der Waals surface area contributed by atoms with Crippen LogP contribution in [0.25, 0.3) is 0 Å². The zero-order chi connectivity index (χ0) is 15.2. The van der Waals surface area contributed by atoms with Crippen molar-refractivity contribution < 1.29 is 13.9 Å². The zero-order valence-corrected chi connectivity index (χ0v) is 11.7. The number of hydrogen-bond acceptors (Lipinski definition) is 3. The molecule has 0 fully saturated rings. The zero-order valence-electron chi connectivity index (χ0n) is 11.7. The van der Waals surface area contributed by atoms with Gasteiger partial charge in [-0.1, -0.05) is 18.2 Å². The van der Waals surface area contributed by atoms with Crippen molar-refractivity contribution in [2.75, 3.05) is 17.7 Å². The van der Waals surface area contributed by atoms with Gasteiger partial charge in [0.1, 0.15) is 11.6 Å². The third-order valence-electron chi connectivity index (χ3n) is 2.94. The van der Waals surface area contributed by atoms with Gasteiger partial charge in [0.15, 0.2) is 0 Å². The predicted molar refractivity (Wildman–Crippen MR) is 80.7 cm³/mol. The van der Waals surface area contributed by atoms with Crippen molar-refractivity contribution in [2.45, 2.75) is 13.3 Å². The number of nitrogen functional groups attached to an aromatic ring is 1. The van der Waals surface area contributed by atoms with Crippen LogP contribution in [-0.2, 0) is 4.79 Å². The fourth-order valence-electron chi connectivity index (χ4n) is 1.82. The van der Waals surface area contributed by atoms with Gasteiger partial charge in [-0.25, -0.2) is 4.39 Å². The number of nitrogens with two attached hydrogens (primary N) is 1. The summed E-state index contributed by atoms with van der Waals surface area (Å²) >= 11 is 0. The summed E-state index contributed by atoms with van der Waals surface area (Å²) in [6.45, 7) is 2.15. The van der Waals surface area contributed by atoms with Crippen LogP contribution in [0, 0.1) is 12.7 Å². The van der Waals surface area contributed by atoms with E-state index in [1.165, 1.54) is 18.2 Å². The van der Waals surface area contributed by atoms with Crippen molar-refractivity contribution in [3.63, 3.8) is 0 Å². The first-order valence-corrected chi connectivity index (χ1v) is 6.59. The summed E-state index contributed by atoms with van der Waals surface area (Å²) in [5.41, 5.74) is 7.02. The quantitative estimate of drug-likeness (QED) is 0.831. The molecule has 1 amide bonds. The van der Waals surface area contributed by atoms with Gasteiger partial charge in [-0.2, -0.15) is 0 Å². The lowest BCUT2D eigenvalue weighted by Crippen LogP contribution is -2.16. The van der Waals surface area contributed by atoms with E-state index < -0.39 is 5.82 Å². The number of para-hydroxylation sites is 1. The van der Waals surface area contributed by atoms with Gasteiger partial charge in [-0.15, -0.1) is 0 Å². The highest BCUT2D eigenvalue weighted by atomic mass is 19.1. The second-order valence-corrected chi connectivity index (χ2v) is 4.65. The lowest BCUT2D eigenvalue weighted by Gasteiger charge is -2.10. The van der Waals surface area contributed by atoms with Crippen LogP contribution < -0.4 is 15.8 Å². The fourth-order valence-corrected chi connectivity index (χ4v) is 1.82. The molecular weight excluding hydrogens is 271 g/mol. The second-order valence-electron chi connectivity index (χ2n) is 4.65. The average molecular weight is 288 g/mol. The molecule has 2 aromatic rings. The highest BCUT2D eigenvalue weighted by Crippen LogP contribution is 2.18.